The van der Waals surface area contributed by atoms with Crippen molar-refractivity contribution < 1.29 is 14.0 Å². The van der Waals surface area contributed by atoms with Crippen LogP contribution in [0.1, 0.15) is 26.5 Å². The maximum absolute atomic E-state index is 12.9. The summed E-state index contributed by atoms with van der Waals surface area (Å²) in [6, 6.07) is 16.6. The van der Waals surface area contributed by atoms with Crippen LogP contribution in [0.15, 0.2) is 60.7 Å². The summed E-state index contributed by atoms with van der Waals surface area (Å²) in [5.41, 5.74) is 3.25. The van der Waals surface area contributed by atoms with Crippen LogP contribution in [-0.2, 0) is 6.54 Å². The van der Waals surface area contributed by atoms with E-state index in [0.29, 0.717) is 33.5 Å². The summed E-state index contributed by atoms with van der Waals surface area (Å²) >= 11 is 11.7. The molecular formula is C23H15Cl2FN4O2. The number of H-pyrrole nitrogens is 1. The van der Waals surface area contributed by atoms with Crippen molar-refractivity contribution in [2.75, 3.05) is 0 Å². The molecule has 0 bridgehead atoms. The molecule has 0 atom stereocenters. The predicted molar refractivity (Wildman–Crippen MR) is 122 cm³/mol. The highest BCUT2D eigenvalue weighted by atomic mass is 35.5. The van der Waals surface area contributed by atoms with E-state index in [1.165, 1.54) is 12.1 Å². The lowest BCUT2D eigenvalue weighted by molar-refractivity contribution is 0.111. The Morgan fingerprint density at radius 3 is 2.28 bits per heavy atom. The van der Waals surface area contributed by atoms with Crippen molar-refractivity contribution in [3.63, 3.8) is 0 Å². The van der Waals surface area contributed by atoms with E-state index < -0.39 is 0 Å². The minimum Gasteiger partial charge on any atom is -0.296 e. The molecule has 2 heterocycles. The molecule has 0 radical (unpaired) electrons. The highest BCUT2D eigenvalue weighted by Gasteiger charge is 2.10. The van der Waals surface area contributed by atoms with Crippen molar-refractivity contribution in [2.45, 2.75) is 6.54 Å². The molecule has 0 spiro atoms. The normalized spacial score (nSPS) is 10.7. The summed E-state index contributed by atoms with van der Waals surface area (Å²) in [6.07, 6.45) is 1.46. The van der Waals surface area contributed by atoms with Crippen molar-refractivity contribution in [1.82, 2.24) is 20.0 Å². The summed E-state index contributed by atoms with van der Waals surface area (Å²) in [6.45, 7) is 0.449. The Bertz CT molecular complexity index is 1430. The van der Waals surface area contributed by atoms with Crippen LogP contribution in [0.2, 0.25) is 10.0 Å². The fraction of sp³-hybridized carbons (Fsp3) is 0.0435. The first-order valence-corrected chi connectivity index (χ1v) is 10.2. The molecule has 6 nitrogen and oxygen atoms in total. The first kappa shape index (κ1) is 21.7. The van der Waals surface area contributed by atoms with Crippen LogP contribution in [0.5, 0.6) is 0 Å². The van der Waals surface area contributed by atoms with Gasteiger partial charge in [0, 0.05) is 20.8 Å². The van der Waals surface area contributed by atoms with Gasteiger partial charge in [0.15, 0.2) is 12.6 Å². The molecule has 0 saturated carbocycles. The molecule has 5 rings (SSSR count). The molecule has 0 saturated heterocycles. The summed E-state index contributed by atoms with van der Waals surface area (Å²) < 4.78 is 14.6. The van der Waals surface area contributed by atoms with Crippen LogP contribution >= 0.6 is 23.2 Å². The third-order valence-corrected chi connectivity index (χ3v) is 5.23. The van der Waals surface area contributed by atoms with E-state index in [0.717, 1.165) is 34.4 Å². The highest BCUT2D eigenvalue weighted by Crippen LogP contribution is 2.23. The maximum Gasteiger partial charge on any atom is 0.170 e. The second kappa shape index (κ2) is 9.30. The van der Waals surface area contributed by atoms with Crippen LogP contribution in [0.3, 0.4) is 0 Å². The monoisotopic (exact) mass is 468 g/mol. The van der Waals surface area contributed by atoms with Crippen molar-refractivity contribution in [3.8, 4) is 0 Å². The van der Waals surface area contributed by atoms with Gasteiger partial charge in [-0.1, -0.05) is 35.3 Å². The van der Waals surface area contributed by atoms with Gasteiger partial charge in [-0.15, -0.1) is 0 Å². The number of aldehydes is 2. The zero-order valence-electron chi connectivity index (χ0n) is 16.4. The molecule has 32 heavy (non-hydrogen) atoms. The Balaban J connectivity index is 0.000000174. The molecule has 5 aromatic rings. The Hall–Kier alpha value is -3.55. The minimum absolute atomic E-state index is 0.282. The van der Waals surface area contributed by atoms with Gasteiger partial charge in [-0.05, 0) is 54.1 Å². The lowest BCUT2D eigenvalue weighted by atomic mass is 10.2. The zero-order chi connectivity index (χ0) is 22.7. The third kappa shape index (κ3) is 4.54. The van der Waals surface area contributed by atoms with Gasteiger partial charge in [0.25, 0.3) is 0 Å². The van der Waals surface area contributed by atoms with E-state index in [1.807, 2.05) is 0 Å². The second-order valence-corrected chi connectivity index (χ2v) is 7.74. The summed E-state index contributed by atoms with van der Waals surface area (Å²) in [7, 11) is 0. The number of carbonyl (C=O) groups is 2. The number of halogens is 3. The van der Waals surface area contributed by atoms with Crippen molar-refractivity contribution in [3.05, 3.63) is 93.5 Å². The molecule has 0 aliphatic rings. The van der Waals surface area contributed by atoms with E-state index in [9.17, 15) is 14.0 Å². The van der Waals surface area contributed by atoms with Gasteiger partial charge < -0.3 is 0 Å². The average molecular weight is 469 g/mol. The lowest BCUT2D eigenvalue weighted by Gasteiger charge is -2.04. The van der Waals surface area contributed by atoms with E-state index in [2.05, 4.69) is 15.3 Å². The van der Waals surface area contributed by atoms with Crippen molar-refractivity contribution >= 4 is 57.6 Å². The number of carbonyl (C=O) groups excluding carboxylic acids is 2. The number of fused-ring (bicyclic) bond motifs is 2. The zero-order valence-corrected chi connectivity index (χ0v) is 17.9. The van der Waals surface area contributed by atoms with Crippen LogP contribution in [0.4, 0.5) is 4.39 Å². The lowest BCUT2D eigenvalue weighted by Crippen LogP contribution is -2.02. The number of benzene rings is 3. The molecular weight excluding hydrogens is 454 g/mol. The Morgan fingerprint density at radius 2 is 1.59 bits per heavy atom. The Labute approximate surface area is 191 Å². The fourth-order valence-electron chi connectivity index (χ4n) is 3.24. The predicted octanol–water partition coefficient (Wildman–Crippen LogP) is 5.72. The molecule has 160 valence electrons. The summed E-state index contributed by atoms with van der Waals surface area (Å²) in [4.78, 5) is 21.5. The van der Waals surface area contributed by atoms with E-state index in [1.54, 1.807) is 53.2 Å². The fourth-order valence-corrected chi connectivity index (χ4v) is 3.57. The van der Waals surface area contributed by atoms with Gasteiger partial charge in [0.1, 0.15) is 17.2 Å². The molecule has 0 fully saturated rings. The average Bonchev–Trinajstić information content (AvgIpc) is 3.36. The van der Waals surface area contributed by atoms with E-state index in [4.69, 9.17) is 23.2 Å². The first-order chi connectivity index (χ1) is 15.5. The number of rotatable bonds is 4. The number of hydrogen-bond donors (Lipinski definition) is 1. The van der Waals surface area contributed by atoms with Crippen molar-refractivity contribution in [2.24, 2.45) is 0 Å². The number of nitrogens with zero attached hydrogens (tertiary/aromatic N) is 3. The molecule has 3 aromatic carbocycles. The molecule has 0 unspecified atom stereocenters. The number of nitrogens with one attached hydrogen (secondary N) is 1. The molecule has 9 heteroatoms. The molecule has 0 aliphatic carbocycles. The molecule has 0 aliphatic heterocycles. The number of hydrogen-bond acceptors (Lipinski definition) is 4. The number of aromatic amines is 1. The smallest absolute Gasteiger partial charge is 0.170 e. The molecule has 0 amide bonds. The van der Waals surface area contributed by atoms with Gasteiger partial charge >= 0.3 is 0 Å². The second-order valence-electron chi connectivity index (χ2n) is 6.87. The van der Waals surface area contributed by atoms with Gasteiger partial charge in [-0.2, -0.15) is 10.2 Å². The van der Waals surface area contributed by atoms with E-state index >= 15 is 0 Å². The van der Waals surface area contributed by atoms with E-state index in [-0.39, 0.29) is 5.82 Å². The quantitative estimate of drug-likeness (QED) is 0.342. The highest BCUT2D eigenvalue weighted by molar-refractivity contribution is 6.31. The Kier molecular flexibility index (Phi) is 6.30. The third-order valence-electron chi connectivity index (χ3n) is 4.76. The summed E-state index contributed by atoms with van der Waals surface area (Å²) in [5, 5.41) is 13.5. The van der Waals surface area contributed by atoms with Crippen LogP contribution in [0, 0.1) is 5.82 Å². The van der Waals surface area contributed by atoms with Crippen molar-refractivity contribution in [1.29, 1.82) is 0 Å². The number of aromatic nitrogens is 4. The van der Waals surface area contributed by atoms with Crippen LogP contribution in [-0.4, -0.2) is 32.6 Å². The first-order valence-electron chi connectivity index (χ1n) is 9.43. The molecule has 2 aromatic heterocycles. The molecule has 1 N–H and O–H groups in total. The largest absolute Gasteiger partial charge is 0.296 e. The van der Waals surface area contributed by atoms with Gasteiger partial charge in [-0.25, -0.2) is 4.39 Å². The SMILES string of the molecule is O=Cc1[nH]nc2cc(Cl)ccc12.O=Cc1nn(Cc2ccc(F)cc2)c2cc(Cl)ccc12. The Morgan fingerprint density at radius 1 is 0.906 bits per heavy atom. The minimum atomic E-state index is -0.282. The van der Waals surface area contributed by atoms with Gasteiger partial charge in [0.2, 0.25) is 0 Å². The van der Waals surface area contributed by atoms with Crippen LogP contribution in [0.25, 0.3) is 21.8 Å². The van der Waals surface area contributed by atoms with Gasteiger partial charge in [-0.3, -0.25) is 19.4 Å². The maximum atomic E-state index is 12.9. The van der Waals surface area contributed by atoms with Gasteiger partial charge in [0.05, 0.1) is 17.6 Å². The standard InChI is InChI=1S/C15H10ClFN2O.C8H5ClN2O/c16-11-3-6-13-14(9-20)18-19(15(13)7-11)8-10-1-4-12(17)5-2-10;9-5-1-2-6-7(3-5)10-11-8(6)4-12/h1-7,9H,8H2;1-4H,(H,10,11). The summed E-state index contributed by atoms with van der Waals surface area (Å²) in [5.74, 6) is -0.282. The topological polar surface area (TPSA) is 80.6 Å². The van der Waals surface area contributed by atoms with Crippen LogP contribution < -0.4 is 0 Å².